The lowest BCUT2D eigenvalue weighted by atomic mass is 9.89. The Labute approximate surface area is 86.6 Å². The van der Waals surface area contributed by atoms with Gasteiger partial charge in [0.15, 0.2) is 0 Å². The molecule has 0 radical (unpaired) electrons. The molecule has 0 saturated carbocycles. The molecule has 0 aromatic heterocycles. The Hall–Kier alpha value is -0.280. The van der Waals surface area contributed by atoms with Crippen LogP contribution in [0.2, 0.25) is 10.0 Å². The van der Waals surface area contributed by atoms with Crippen molar-refractivity contribution in [3.63, 3.8) is 0 Å². The van der Waals surface area contributed by atoms with Crippen molar-refractivity contribution in [2.45, 2.75) is 5.54 Å². The van der Waals surface area contributed by atoms with Gasteiger partial charge in [-0.2, -0.15) is 0 Å². The number of hydrogen-bond acceptors (Lipinski definition) is 2. The first-order valence-corrected chi connectivity index (χ1v) is 4.69. The van der Waals surface area contributed by atoms with Crippen LogP contribution < -0.4 is 5.73 Å². The smallest absolute Gasteiger partial charge is 0.0884 e. The minimum Gasteiger partial charge on any atom is -0.377 e. The first-order valence-electron chi connectivity index (χ1n) is 3.93. The molecule has 1 aromatic carbocycles. The van der Waals surface area contributed by atoms with E-state index in [1.807, 2.05) is 12.1 Å². The fourth-order valence-corrected chi connectivity index (χ4v) is 1.86. The van der Waals surface area contributed by atoms with E-state index >= 15 is 0 Å². The molecule has 0 atom stereocenters. The van der Waals surface area contributed by atoms with Gasteiger partial charge in [0.25, 0.3) is 0 Å². The van der Waals surface area contributed by atoms with Gasteiger partial charge in [0.05, 0.1) is 18.8 Å². The second kappa shape index (κ2) is 3.14. The molecule has 1 saturated heterocycles. The molecule has 2 rings (SSSR count). The highest BCUT2D eigenvalue weighted by atomic mass is 35.5. The standard InChI is InChI=1S/C9H9Cl2NO/c10-7-1-6(2-8(11)3-7)9(12)4-13-5-9/h1-3H,4-5,12H2. The summed E-state index contributed by atoms with van der Waals surface area (Å²) in [5.74, 6) is 0. The van der Waals surface area contributed by atoms with Crippen molar-refractivity contribution in [3.05, 3.63) is 33.8 Å². The summed E-state index contributed by atoms with van der Waals surface area (Å²) in [5.41, 5.74) is 6.57. The molecule has 0 bridgehead atoms. The Bertz CT molecular complexity index is 316. The Morgan fingerprint density at radius 2 is 1.69 bits per heavy atom. The molecular formula is C9H9Cl2NO. The first-order chi connectivity index (χ1) is 6.10. The third-order valence-electron chi connectivity index (χ3n) is 2.16. The van der Waals surface area contributed by atoms with Crippen LogP contribution in [0.4, 0.5) is 0 Å². The van der Waals surface area contributed by atoms with Crippen molar-refractivity contribution < 1.29 is 4.74 Å². The van der Waals surface area contributed by atoms with Gasteiger partial charge in [-0.05, 0) is 23.8 Å². The van der Waals surface area contributed by atoms with Gasteiger partial charge < -0.3 is 10.5 Å². The van der Waals surface area contributed by atoms with Gasteiger partial charge >= 0.3 is 0 Å². The second-order valence-corrected chi connectivity index (χ2v) is 4.18. The number of nitrogens with two attached hydrogens (primary N) is 1. The van der Waals surface area contributed by atoms with E-state index in [9.17, 15) is 0 Å². The normalized spacial score (nSPS) is 19.6. The zero-order valence-electron chi connectivity index (χ0n) is 6.89. The summed E-state index contributed by atoms with van der Waals surface area (Å²) < 4.78 is 5.06. The minimum absolute atomic E-state index is 0.394. The van der Waals surface area contributed by atoms with E-state index in [2.05, 4.69) is 0 Å². The average molecular weight is 218 g/mol. The predicted octanol–water partition coefficient (Wildman–Crippen LogP) is 2.18. The molecule has 13 heavy (non-hydrogen) atoms. The Morgan fingerprint density at radius 3 is 2.08 bits per heavy atom. The number of hydrogen-bond donors (Lipinski definition) is 1. The van der Waals surface area contributed by atoms with Crippen LogP contribution in [-0.2, 0) is 10.3 Å². The van der Waals surface area contributed by atoms with Crippen LogP contribution in [0.5, 0.6) is 0 Å². The van der Waals surface area contributed by atoms with E-state index in [-0.39, 0.29) is 0 Å². The van der Waals surface area contributed by atoms with Crippen molar-refractivity contribution in [1.82, 2.24) is 0 Å². The van der Waals surface area contributed by atoms with E-state index in [0.29, 0.717) is 23.3 Å². The van der Waals surface area contributed by atoms with Crippen LogP contribution in [0, 0.1) is 0 Å². The summed E-state index contributed by atoms with van der Waals surface area (Å²) >= 11 is 11.7. The summed E-state index contributed by atoms with van der Waals surface area (Å²) in [4.78, 5) is 0. The number of benzene rings is 1. The zero-order chi connectivity index (χ0) is 9.47. The zero-order valence-corrected chi connectivity index (χ0v) is 8.40. The summed E-state index contributed by atoms with van der Waals surface area (Å²) in [5, 5.41) is 1.22. The first kappa shape index (κ1) is 9.28. The van der Waals surface area contributed by atoms with Crippen LogP contribution in [0.25, 0.3) is 0 Å². The van der Waals surface area contributed by atoms with Gasteiger partial charge in [-0.25, -0.2) is 0 Å². The van der Waals surface area contributed by atoms with Crippen molar-refractivity contribution in [2.75, 3.05) is 13.2 Å². The fourth-order valence-electron chi connectivity index (χ4n) is 1.33. The fraction of sp³-hybridized carbons (Fsp3) is 0.333. The van der Waals surface area contributed by atoms with Crippen LogP contribution in [0.15, 0.2) is 18.2 Å². The predicted molar refractivity (Wildman–Crippen MR) is 53.1 cm³/mol. The van der Waals surface area contributed by atoms with Crippen LogP contribution >= 0.6 is 23.2 Å². The molecule has 1 aromatic rings. The highest BCUT2D eigenvalue weighted by Gasteiger charge is 2.36. The largest absolute Gasteiger partial charge is 0.377 e. The van der Waals surface area contributed by atoms with Gasteiger partial charge in [0.1, 0.15) is 0 Å². The molecule has 1 aliphatic heterocycles. The van der Waals surface area contributed by atoms with Crippen molar-refractivity contribution in [1.29, 1.82) is 0 Å². The third-order valence-corrected chi connectivity index (χ3v) is 2.59. The highest BCUT2D eigenvalue weighted by Crippen LogP contribution is 2.30. The maximum atomic E-state index is 6.02. The van der Waals surface area contributed by atoms with Crippen molar-refractivity contribution in [3.8, 4) is 0 Å². The van der Waals surface area contributed by atoms with Gasteiger partial charge in [0, 0.05) is 10.0 Å². The molecule has 1 aliphatic rings. The Morgan fingerprint density at radius 1 is 1.15 bits per heavy atom. The van der Waals surface area contributed by atoms with E-state index in [0.717, 1.165) is 5.56 Å². The van der Waals surface area contributed by atoms with Crippen molar-refractivity contribution >= 4 is 23.2 Å². The second-order valence-electron chi connectivity index (χ2n) is 3.31. The molecule has 0 amide bonds. The van der Waals surface area contributed by atoms with E-state index in [1.165, 1.54) is 0 Å². The van der Waals surface area contributed by atoms with E-state index in [4.69, 9.17) is 33.7 Å². The van der Waals surface area contributed by atoms with Crippen LogP contribution in [0.3, 0.4) is 0 Å². The molecule has 2 N–H and O–H groups in total. The molecule has 2 nitrogen and oxygen atoms in total. The quantitative estimate of drug-likeness (QED) is 0.783. The van der Waals surface area contributed by atoms with Gasteiger partial charge in [-0.3, -0.25) is 0 Å². The summed E-state index contributed by atoms with van der Waals surface area (Å²) in [6, 6.07) is 5.35. The van der Waals surface area contributed by atoms with Gasteiger partial charge in [-0.15, -0.1) is 0 Å². The third kappa shape index (κ3) is 1.67. The molecular weight excluding hydrogens is 209 g/mol. The maximum absolute atomic E-state index is 6.02. The van der Waals surface area contributed by atoms with Gasteiger partial charge in [-0.1, -0.05) is 23.2 Å². The van der Waals surface area contributed by atoms with Gasteiger partial charge in [0.2, 0.25) is 0 Å². The van der Waals surface area contributed by atoms with Crippen molar-refractivity contribution in [2.24, 2.45) is 5.73 Å². The molecule has 1 fully saturated rings. The van der Waals surface area contributed by atoms with E-state index in [1.54, 1.807) is 6.07 Å². The number of ether oxygens (including phenoxy) is 1. The average Bonchev–Trinajstić information content (AvgIpc) is 1.98. The lowest BCUT2D eigenvalue weighted by Crippen LogP contribution is -2.54. The van der Waals surface area contributed by atoms with Crippen LogP contribution in [-0.4, -0.2) is 13.2 Å². The summed E-state index contributed by atoms with van der Waals surface area (Å²) in [6.45, 7) is 1.06. The highest BCUT2D eigenvalue weighted by molar-refractivity contribution is 6.34. The monoisotopic (exact) mass is 217 g/mol. The lowest BCUT2D eigenvalue weighted by molar-refractivity contribution is -0.0569. The minimum atomic E-state index is -0.394. The van der Waals surface area contributed by atoms with E-state index < -0.39 is 5.54 Å². The number of halogens is 2. The summed E-state index contributed by atoms with van der Waals surface area (Å²) in [6.07, 6.45) is 0. The lowest BCUT2D eigenvalue weighted by Gasteiger charge is -2.38. The molecule has 70 valence electrons. The summed E-state index contributed by atoms with van der Waals surface area (Å²) in [7, 11) is 0. The Balaban J connectivity index is 2.39. The topological polar surface area (TPSA) is 35.2 Å². The molecule has 4 heteroatoms. The SMILES string of the molecule is NC1(c2cc(Cl)cc(Cl)c2)COC1. The number of rotatable bonds is 1. The molecule has 0 aliphatic carbocycles. The molecule has 0 spiro atoms. The maximum Gasteiger partial charge on any atom is 0.0884 e. The molecule has 0 unspecified atom stereocenters. The van der Waals surface area contributed by atoms with Crippen LogP contribution in [0.1, 0.15) is 5.56 Å². The molecule has 1 heterocycles. The Kier molecular flexibility index (Phi) is 2.24.